The van der Waals surface area contributed by atoms with Crippen LogP contribution in [0.1, 0.15) is 5.56 Å². The van der Waals surface area contributed by atoms with Gasteiger partial charge in [0.05, 0.1) is 21.3 Å². The van der Waals surface area contributed by atoms with Crippen LogP contribution in [0.2, 0.25) is 0 Å². The Morgan fingerprint density at radius 2 is 1.09 bits per heavy atom. The molecule has 188 valence electrons. The number of methoxy groups -OCH3 is 3. The largest absolute Gasteiger partial charge is 0.496 e. The van der Waals surface area contributed by atoms with E-state index in [1.165, 1.54) is 7.11 Å². The molecule has 0 heterocycles. The third-order valence-corrected chi connectivity index (χ3v) is 4.14. The molecule has 0 aliphatic carbocycles. The molecule has 0 aliphatic heterocycles. The number of amides is 2. The number of imide groups is 1. The Morgan fingerprint density at radius 3 is 1.36 bits per heavy atom. The highest BCUT2D eigenvalue weighted by Crippen LogP contribution is 2.41. The second-order valence-electron chi connectivity index (χ2n) is 6.17. The smallest absolute Gasteiger partial charge is 0.463 e. The topological polar surface area (TPSA) is 65.1 Å². The van der Waals surface area contributed by atoms with Crippen molar-refractivity contribution in [3.05, 3.63) is 17.7 Å². The molecule has 0 aliphatic rings. The lowest BCUT2D eigenvalue weighted by molar-refractivity contribution is -0.283. The molecule has 1 aromatic carbocycles. The molecule has 0 spiro atoms. The number of alkyl halides is 10. The van der Waals surface area contributed by atoms with Crippen LogP contribution in [-0.2, 0) is 16.0 Å². The summed E-state index contributed by atoms with van der Waals surface area (Å²) in [4.78, 5) is 21.9. The van der Waals surface area contributed by atoms with E-state index >= 15 is 0 Å². The number of hydrogen-bond acceptors (Lipinski definition) is 5. The number of rotatable bonds is 8. The molecule has 0 unspecified atom stereocenters. The Bertz CT molecular complexity index is 819. The zero-order valence-corrected chi connectivity index (χ0v) is 16.8. The molecule has 6 nitrogen and oxygen atoms in total. The van der Waals surface area contributed by atoms with E-state index < -0.39 is 53.9 Å². The van der Waals surface area contributed by atoms with E-state index in [1.807, 2.05) is 0 Å². The summed E-state index contributed by atoms with van der Waals surface area (Å²) in [5.41, 5.74) is -0.267. The third kappa shape index (κ3) is 5.52. The van der Waals surface area contributed by atoms with Crippen LogP contribution in [0.25, 0.3) is 0 Å². The van der Waals surface area contributed by atoms with Crippen molar-refractivity contribution in [1.29, 1.82) is 0 Å². The molecule has 2 amide bonds. The molecule has 0 radical (unpaired) electrons. The molecule has 0 aromatic heterocycles. The highest BCUT2D eigenvalue weighted by atomic mass is 19.4. The van der Waals surface area contributed by atoms with Crippen LogP contribution in [0, 0.1) is 0 Å². The van der Waals surface area contributed by atoms with Crippen molar-refractivity contribution in [2.45, 2.75) is 30.6 Å². The van der Waals surface area contributed by atoms with Crippen molar-refractivity contribution in [2.75, 3.05) is 27.9 Å². The van der Waals surface area contributed by atoms with E-state index in [0.29, 0.717) is 0 Å². The van der Waals surface area contributed by atoms with Crippen molar-refractivity contribution in [3.8, 4) is 17.2 Å². The van der Waals surface area contributed by atoms with Gasteiger partial charge in [-0.15, -0.1) is 0 Å². The van der Waals surface area contributed by atoms with Gasteiger partial charge in [-0.1, -0.05) is 0 Å². The van der Waals surface area contributed by atoms with Gasteiger partial charge < -0.3 is 14.2 Å². The highest BCUT2D eigenvalue weighted by molar-refractivity contribution is 6.02. The summed E-state index contributed by atoms with van der Waals surface area (Å²) in [7, 11) is 3.29. The van der Waals surface area contributed by atoms with Crippen LogP contribution >= 0.6 is 0 Å². The second kappa shape index (κ2) is 9.51. The Balaban J connectivity index is 3.53. The maximum atomic E-state index is 13.5. The minimum atomic E-state index is -6.69. The van der Waals surface area contributed by atoms with Gasteiger partial charge in [0, 0.05) is 24.2 Å². The number of carbonyl (C=O) groups excluding carboxylic acids is 2. The van der Waals surface area contributed by atoms with E-state index in [-0.39, 0.29) is 22.8 Å². The average Bonchev–Trinajstić information content (AvgIpc) is 2.71. The highest BCUT2D eigenvalue weighted by Gasteiger charge is 2.70. The fraction of sp³-hybridized carbons (Fsp3) is 0.529. The van der Waals surface area contributed by atoms with E-state index in [9.17, 15) is 53.5 Å². The minimum Gasteiger partial charge on any atom is -0.496 e. The van der Waals surface area contributed by atoms with Crippen LogP contribution in [0.5, 0.6) is 17.2 Å². The molecule has 0 saturated carbocycles. The van der Waals surface area contributed by atoms with Crippen molar-refractivity contribution in [1.82, 2.24) is 4.90 Å². The van der Waals surface area contributed by atoms with Gasteiger partial charge in [-0.3, -0.25) is 14.5 Å². The molecule has 16 heteroatoms. The predicted molar refractivity (Wildman–Crippen MR) is 88.5 cm³/mol. The van der Waals surface area contributed by atoms with Gasteiger partial charge in [-0.2, -0.15) is 43.9 Å². The van der Waals surface area contributed by atoms with E-state index in [1.54, 1.807) is 0 Å². The molecule has 33 heavy (non-hydrogen) atoms. The number of hydrogen-bond donors (Lipinski definition) is 0. The quantitative estimate of drug-likeness (QED) is 0.502. The standard InChI is InChI=1S/C17H15F10NO5/c1-31-8-6-10(32-2)9(11(7-8)33-3)4-5-28(12(29)14(18,19)16(22,23)24)13(30)15(20,21)17(25,26)27/h6-7H,4-5H2,1-3H3. The lowest BCUT2D eigenvalue weighted by Gasteiger charge is -2.30. The normalized spacial score (nSPS) is 12.9. The summed E-state index contributed by atoms with van der Waals surface area (Å²) >= 11 is 0. The van der Waals surface area contributed by atoms with Gasteiger partial charge in [0.25, 0.3) is 0 Å². The second-order valence-corrected chi connectivity index (χ2v) is 6.17. The number of halogens is 10. The van der Waals surface area contributed by atoms with Gasteiger partial charge in [-0.05, 0) is 6.42 Å². The number of ether oxygens (including phenoxy) is 3. The lowest BCUT2D eigenvalue weighted by Crippen LogP contribution is -2.60. The van der Waals surface area contributed by atoms with Crippen molar-refractivity contribution >= 4 is 11.8 Å². The fourth-order valence-electron chi connectivity index (χ4n) is 2.42. The Morgan fingerprint density at radius 1 is 0.727 bits per heavy atom. The summed E-state index contributed by atoms with van der Waals surface area (Å²) < 4.78 is 144. The van der Waals surface area contributed by atoms with E-state index in [0.717, 1.165) is 26.4 Å². The van der Waals surface area contributed by atoms with Crippen molar-refractivity contribution in [3.63, 3.8) is 0 Å². The van der Waals surface area contributed by atoms with Crippen LogP contribution in [0.15, 0.2) is 12.1 Å². The summed E-state index contributed by atoms with van der Waals surface area (Å²) in [5.74, 6) is -20.5. The summed E-state index contributed by atoms with van der Waals surface area (Å²) in [6.07, 6.45) is -14.4. The van der Waals surface area contributed by atoms with E-state index in [2.05, 4.69) is 0 Å². The molecule has 0 bridgehead atoms. The average molecular weight is 503 g/mol. The van der Waals surface area contributed by atoms with Crippen molar-refractivity contribution < 1.29 is 67.7 Å². The SMILES string of the molecule is COc1cc(OC)c(CCN(C(=O)C(F)(F)C(F)(F)F)C(=O)C(F)(F)C(F)(F)F)c(OC)c1. The molecular weight excluding hydrogens is 488 g/mol. The zero-order valence-electron chi connectivity index (χ0n) is 16.8. The van der Waals surface area contributed by atoms with Crippen LogP contribution in [0.4, 0.5) is 43.9 Å². The molecule has 0 N–H and O–H groups in total. The first kappa shape index (κ1) is 28.1. The van der Waals surface area contributed by atoms with Gasteiger partial charge in [0.15, 0.2) is 0 Å². The zero-order chi connectivity index (χ0) is 26.0. The van der Waals surface area contributed by atoms with Gasteiger partial charge in [0.1, 0.15) is 17.2 Å². The Hall–Kier alpha value is -2.94. The number of carbonyl (C=O) groups is 2. The maximum Gasteiger partial charge on any atom is 0.463 e. The van der Waals surface area contributed by atoms with Gasteiger partial charge in [-0.25, -0.2) is 0 Å². The predicted octanol–water partition coefficient (Wildman–Crippen LogP) is 4.01. The Labute approximate surface area is 179 Å². The summed E-state index contributed by atoms with van der Waals surface area (Å²) in [6, 6.07) is 2.25. The van der Waals surface area contributed by atoms with Crippen LogP contribution in [-0.4, -0.2) is 68.8 Å². The summed E-state index contributed by atoms with van der Waals surface area (Å²) in [5, 5.41) is 0. The summed E-state index contributed by atoms with van der Waals surface area (Å²) in [6.45, 7) is -1.74. The first-order valence-electron chi connectivity index (χ1n) is 8.41. The van der Waals surface area contributed by atoms with Gasteiger partial charge >= 0.3 is 36.0 Å². The van der Waals surface area contributed by atoms with Crippen LogP contribution in [0.3, 0.4) is 0 Å². The van der Waals surface area contributed by atoms with Crippen LogP contribution < -0.4 is 14.2 Å². The maximum absolute atomic E-state index is 13.5. The monoisotopic (exact) mass is 503 g/mol. The molecule has 1 rings (SSSR count). The van der Waals surface area contributed by atoms with Crippen molar-refractivity contribution in [2.24, 2.45) is 0 Å². The number of nitrogens with zero attached hydrogens (tertiary/aromatic N) is 1. The molecule has 1 aromatic rings. The lowest BCUT2D eigenvalue weighted by atomic mass is 10.1. The molecule has 0 saturated heterocycles. The first-order chi connectivity index (χ1) is 14.9. The van der Waals surface area contributed by atoms with Gasteiger partial charge in [0.2, 0.25) is 0 Å². The Kier molecular flexibility index (Phi) is 8.09. The minimum absolute atomic E-state index is 0.0728. The first-order valence-corrected chi connectivity index (χ1v) is 8.41. The number of benzene rings is 1. The molecule has 0 fully saturated rings. The van der Waals surface area contributed by atoms with E-state index in [4.69, 9.17) is 14.2 Å². The molecular formula is C17H15F10NO5. The third-order valence-electron chi connectivity index (χ3n) is 4.14. The fourth-order valence-corrected chi connectivity index (χ4v) is 2.42. The molecule has 0 atom stereocenters.